The number of carboxylic acids is 1. The number of hydrogen-bond acceptors (Lipinski definition) is 6. The minimum Gasteiger partial charge on any atom is -0.481 e. The largest absolute Gasteiger partial charge is 0.481 e. The van der Waals surface area contributed by atoms with Crippen molar-refractivity contribution in [3.8, 4) is 0 Å². The Labute approximate surface area is 311 Å². The Morgan fingerprint density at radius 1 is 1.06 bits per heavy atom. The highest BCUT2D eigenvalue weighted by Gasteiger charge is 2.60. The molecule has 0 aliphatic heterocycles. The molecule has 3 saturated carbocycles. The fourth-order valence-corrected chi connectivity index (χ4v) is 11.2. The van der Waals surface area contributed by atoms with Crippen LogP contribution in [0.15, 0.2) is 35.4 Å². The highest BCUT2D eigenvalue weighted by Crippen LogP contribution is 2.65. The molecule has 8 atom stereocenters. The van der Waals surface area contributed by atoms with E-state index < -0.39 is 22.8 Å². The zero-order valence-corrected chi connectivity index (χ0v) is 32.9. The van der Waals surface area contributed by atoms with Crippen molar-refractivity contribution in [3.63, 3.8) is 0 Å². The summed E-state index contributed by atoms with van der Waals surface area (Å²) in [5.74, 6) is 0.931. The summed E-state index contributed by atoms with van der Waals surface area (Å²) in [6, 6.07) is 7.67. The molecule has 0 radical (unpaired) electrons. The van der Waals surface area contributed by atoms with Crippen LogP contribution in [-0.4, -0.2) is 41.3 Å². The first-order chi connectivity index (χ1) is 24.1. The van der Waals surface area contributed by atoms with Crippen molar-refractivity contribution in [1.29, 1.82) is 0 Å². The van der Waals surface area contributed by atoms with Gasteiger partial charge in [-0.2, -0.15) is 0 Å². The molecule has 0 amide bonds. The predicted octanol–water partition coefficient (Wildman–Crippen LogP) is 9.39. The Kier molecular flexibility index (Phi) is 12.3. The van der Waals surface area contributed by atoms with E-state index in [4.69, 9.17) is 16.3 Å². The third-order valence-corrected chi connectivity index (χ3v) is 14.0. The van der Waals surface area contributed by atoms with Gasteiger partial charge in [0.2, 0.25) is 0 Å². The Hall–Kier alpha value is -2.51. The van der Waals surface area contributed by atoms with Gasteiger partial charge in [-0.15, -0.1) is 0 Å². The number of fused-ring (bicyclic) bond motifs is 2. The predicted molar refractivity (Wildman–Crippen MR) is 201 cm³/mol. The van der Waals surface area contributed by atoms with Crippen LogP contribution in [0.1, 0.15) is 131 Å². The standard InChI is InChI=1S/C43H62ClNO6/c1-8-10-32-31-18-15-29(14-13-28(31)21-35(32)51-37(48)23-41(5,6)40(49)50)42(7)19-20-43(22-34(46)38(26(3)4)39(43)33(42)9-2)36(47)25-45-24-27-11-16-30(44)17-12-27/h11-12,16-17,26,28-29,31-33,35,45H,8-10,13-15,18-25H2,1-7H3,(H,49,50)/t28?,29-,31-,32-,33-,35+,42+,43+/m1/s1. The highest BCUT2D eigenvalue weighted by molar-refractivity contribution is 6.30. The van der Waals surface area contributed by atoms with Gasteiger partial charge >= 0.3 is 11.9 Å². The molecule has 2 N–H and O–H groups in total. The van der Waals surface area contributed by atoms with Crippen LogP contribution in [-0.2, 0) is 30.5 Å². The second kappa shape index (κ2) is 15.8. The molecule has 282 valence electrons. The van der Waals surface area contributed by atoms with E-state index in [1.165, 1.54) is 5.57 Å². The molecule has 5 rings (SSSR count). The Morgan fingerprint density at radius 2 is 1.75 bits per heavy atom. The monoisotopic (exact) mass is 723 g/mol. The summed E-state index contributed by atoms with van der Waals surface area (Å²) in [7, 11) is 0. The van der Waals surface area contributed by atoms with Crippen molar-refractivity contribution >= 4 is 35.1 Å². The number of nitrogens with one attached hydrogen (secondary N) is 1. The van der Waals surface area contributed by atoms with Gasteiger partial charge in [0.25, 0.3) is 0 Å². The first kappa shape index (κ1) is 39.7. The summed E-state index contributed by atoms with van der Waals surface area (Å²) in [4.78, 5) is 52.9. The number of ketones is 2. The number of benzene rings is 1. The van der Waals surface area contributed by atoms with E-state index in [2.05, 4.69) is 39.9 Å². The van der Waals surface area contributed by atoms with E-state index in [1.54, 1.807) is 13.8 Å². The maximum Gasteiger partial charge on any atom is 0.309 e. The zero-order chi connectivity index (χ0) is 37.3. The van der Waals surface area contributed by atoms with E-state index in [0.717, 1.165) is 75.3 Å². The number of carbonyl (C=O) groups is 4. The molecular weight excluding hydrogens is 662 g/mol. The molecule has 0 aromatic heterocycles. The lowest BCUT2D eigenvalue weighted by atomic mass is 9.50. The maximum atomic E-state index is 14.4. The number of rotatable bonds is 14. The smallest absolute Gasteiger partial charge is 0.309 e. The SMILES string of the molecule is CCC[C@H]1[C@@H](OC(=O)CC(C)(C)C(=O)O)CC2CC[C@@H]([C@]3(C)CC[C@@]4(C(=O)CNCc5ccc(Cl)cc5)CC(=O)C(C(C)C)=C4[C@H]3CC)CC[C@H]21. The number of allylic oxidation sites excluding steroid dienone is 2. The van der Waals surface area contributed by atoms with Crippen LogP contribution in [0.2, 0.25) is 5.02 Å². The topological polar surface area (TPSA) is 110 Å². The molecule has 1 unspecified atom stereocenters. The first-order valence-electron chi connectivity index (χ1n) is 19.8. The number of esters is 1. The number of hydrogen-bond donors (Lipinski definition) is 2. The minimum absolute atomic E-state index is 0.0114. The van der Waals surface area contributed by atoms with E-state index in [1.807, 2.05) is 24.3 Å². The van der Waals surface area contributed by atoms with Crippen molar-refractivity contribution in [2.24, 2.45) is 51.8 Å². The second-order valence-corrected chi connectivity index (χ2v) is 18.1. The van der Waals surface area contributed by atoms with Crippen LogP contribution in [0.4, 0.5) is 0 Å². The van der Waals surface area contributed by atoms with Gasteiger partial charge in [-0.1, -0.05) is 64.8 Å². The van der Waals surface area contributed by atoms with Gasteiger partial charge in [-0.3, -0.25) is 19.2 Å². The fourth-order valence-electron chi connectivity index (χ4n) is 11.1. The van der Waals surface area contributed by atoms with Crippen LogP contribution < -0.4 is 5.32 Å². The Bertz CT molecular complexity index is 1500. The lowest BCUT2D eigenvalue weighted by molar-refractivity contribution is -0.160. The van der Waals surface area contributed by atoms with Gasteiger partial charge < -0.3 is 15.2 Å². The van der Waals surface area contributed by atoms with E-state index in [9.17, 15) is 24.3 Å². The summed E-state index contributed by atoms with van der Waals surface area (Å²) in [5, 5.41) is 13.6. The maximum absolute atomic E-state index is 14.4. The molecule has 0 spiro atoms. The van der Waals surface area contributed by atoms with Crippen molar-refractivity contribution in [2.75, 3.05) is 6.54 Å². The molecule has 1 aromatic rings. The Balaban J connectivity index is 1.33. The average Bonchev–Trinajstić information content (AvgIpc) is 3.45. The molecule has 1 aromatic carbocycles. The quantitative estimate of drug-likeness (QED) is 0.184. The number of aliphatic carboxylic acids is 1. The molecule has 0 bridgehead atoms. The second-order valence-electron chi connectivity index (χ2n) is 17.6. The number of carboxylic acid groups (broad SMARTS) is 1. The van der Waals surface area contributed by atoms with Crippen molar-refractivity contribution in [3.05, 3.63) is 46.0 Å². The molecule has 51 heavy (non-hydrogen) atoms. The number of carbonyl (C=O) groups excluding carboxylic acids is 3. The summed E-state index contributed by atoms with van der Waals surface area (Å²) < 4.78 is 6.09. The van der Waals surface area contributed by atoms with Crippen molar-refractivity contribution < 1.29 is 29.0 Å². The van der Waals surface area contributed by atoms with Crippen LogP contribution >= 0.6 is 11.6 Å². The van der Waals surface area contributed by atoms with Crippen LogP contribution in [0.5, 0.6) is 0 Å². The molecule has 3 fully saturated rings. The third kappa shape index (κ3) is 7.91. The average molecular weight is 724 g/mol. The molecule has 7 nitrogen and oxygen atoms in total. The van der Waals surface area contributed by atoms with Gasteiger partial charge in [0.1, 0.15) is 6.10 Å². The summed E-state index contributed by atoms with van der Waals surface area (Å²) in [6.07, 6.45) is 9.87. The number of halogens is 1. The van der Waals surface area contributed by atoms with E-state index in [-0.39, 0.29) is 47.9 Å². The van der Waals surface area contributed by atoms with E-state index >= 15 is 0 Å². The molecule has 8 heteroatoms. The molecule has 0 heterocycles. The van der Waals surface area contributed by atoms with Gasteiger partial charge in [-0.05, 0) is 141 Å². The lowest BCUT2D eigenvalue weighted by Gasteiger charge is -2.54. The Morgan fingerprint density at radius 3 is 2.37 bits per heavy atom. The van der Waals surface area contributed by atoms with Crippen molar-refractivity contribution in [1.82, 2.24) is 5.32 Å². The zero-order valence-electron chi connectivity index (χ0n) is 32.1. The number of ether oxygens (including phenoxy) is 1. The van der Waals surface area contributed by atoms with Crippen LogP contribution in [0, 0.1) is 51.8 Å². The van der Waals surface area contributed by atoms with Crippen molar-refractivity contribution in [2.45, 2.75) is 138 Å². The fraction of sp³-hybridized carbons (Fsp3) is 0.721. The normalized spacial score (nSPS) is 32.5. The molecule has 4 aliphatic carbocycles. The minimum atomic E-state index is -1.15. The van der Waals surface area contributed by atoms with Gasteiger partial charge in [0.15, 0.2) is 11.6 Å². The lowest BCUT2D eigenvalue weighted by Crippen LogP contribution is -2.50. The van der Waals surface area contributed by atoms with Gasteiger partial charge in [0, 0.05) is 18.0 Å². The summed E-state index contributed by atoms with van der Waals surface area (Å²) >= 11 is 6.07. The summed E-state index contributed by atoms with van der Waals surface area (Å²) in [6.45, 7) is 15.1. The number of Topliss-reactive ketones (excluding diaryl/α,β-unsaturated/α-hetero) is 2. The van der Waals surface area contributed by atoms with E-state index in [0.29, 0.717) is 41.7 Å². The molecule has 0 saturated heterocycles. The molecule has 4 aliphatic rings. The highest BCUT2D eigenvalue weighted by atomic mass is 35.5. The molecular formula is C43H62ClNO6. The third-order valence-electron chi connectivity index (χ3n) is 13.8. The van der Waals surface area contributed by atoms with Crippen LogP contribution in [0.25, 0.3) is 0 Å². The first-order valence-corrected chi connectivity index (χ1v) is 20.1. The van der Waals surface area contributed by atoms with Crippen LogP contribution in [0.3, 0.4) is 0 Å². The van der Waals surface area contributed by atoms with Gasteiger partial charge in [-0.25, -0.2) is 0 Å². The van der Waals surface area contributed by atoms with Gasteiger partial charge in [0.05, 0.1) is 23.8 Å². The summed E-state index contributed by atoms with van der Waals surface area (Å²) in [5.41, 5.74) is 1.28.